The van der Waals surface area contributed by atoms with E-state index in [-0.39, 0.29) is 11.1 Å². The van der Waals surface area contributed by atoms with Crippen molar-refractivity contribution in [3.8, 4) is 5.69 Å². The van der Waals surface area contributed by atoms with Crippen molar-refractivity contribution in [2.24, 2.45) is 0 Å². The topological polar surface area (TPSA) is 65.6 Å². The van der Waals surface area contributed by atoms with Crippen LogP contribution in [0.3, 0.4) is 0 Å². The third-order valence-electron chi connectivity index (χ3n) is 4.72. The van der Waals surface area contributed by atoms with Crippen molar-refractivity contribution in [1.82, 2.24) is 24.5 Å². The number of nitrogens with zero attached hydrogens (tertiary/aromatic N) is 5. The number of hydrogen-bond acceptors (Lipinski definition) is 4. The second-order valence-electron chi connectivity index (χ2n) is 6.47. The van der Waals surface area contributed by atoms with Crippen LogP contribution in [0.4, 0.5) is 0 Å². The minimum absolute atomic E-state index is 0.224. The summed E-state index contributed by atoms with van der Waals surface area (Å²) < 4.78 is 3.10. The van der Waals surface area contributed by atoms with E-state index < -0.39 is 0 Å². The Morgan fingerprint density at radius 2 is 1.71 bits per heavy atom. The normalized spacial score (nSPS) is 11.3. The number of fused-ring (bicyclic) bond motifs is 2. The van der Waals surface area contributed by atoms with E-state index in [0.29, 0.717) is 17.2 Å². The molecule has 6 nitrogen and oxygen atoms in total. The van der Waals surface area contributed by atoms with Gasteiger partial charge in [-0.05, 0) is 40.6 Å². The zero-order chi connectivity index (χ0) is 19.1. The number of hydrogen-bond donors (Lipinski definition) is 0. The standard InChI is InChI=1S/C21H14ClN5O/c22-16-8-10-17(11-9-16)27-20-19(24-25-27)21(28)26(13-23-20)12-15-6-3-5-14-4-1-2-7-18(14)15/h1-11,13H,12H2. The lowest BCUT2D eigenvalue weighted by Gasteiger charge is -2.09. The maximum Gasteiger partial charge on any atom is 0.283 e. The molecule has 136 valence electrons. The van der Waals surface area contributed by atoms with Gasteiger partial charge in [-0.1, -0.05) is 59.3 Å². The molecule has 0 aliphatic heterocycles. The third kappa shape index (κ3) is 2.75. The molecule has 0 saturated carbocycles. The first-order valence-electron chi connectivity index (χ1n) is 8.74. The maximum absolute atomic E-state index is 13.0. The van der Waals surface area contributed by atoms with Crippen molar-refractivity contribution in [2.45, 2.75) is 6.54 Å². The number of rotatable bonds is 3. The lowest BCUT2D eigenvalue weighted by molar-refractivity contribution is 0.749. The quantitative estimate of drug-likeness (QED) is 0.472. The molecule has 0 bridgehead atoms. The van der Waals surface area contributed by atoms with Gasteiger partial charge in [0.05, 0.1) is 12.2 Å². The predicted molar refractivity (Wildman–Crippen MR) is 109 cm³/mol. The lowest BCUT2D eigenvalue weighted by atomic mass is 10.0. The smallest absolute Gasteiger partial charge is 0.283 e. The van der Waals surface area contributed by atoms with Crippen molar-refractivity contribution >= 4 is 33.5 Å². The molecule has 2 aromatic heterocycles. The third-order valence-corrected chi connectivity index (χ3v) is 4.97. The van der Waals surface area contributed by atoms with E-state index in [0.717, 1.165) is 22.0 Å². The zero-order valence-electron chi connectivity index (χ0n) is 14.7. The molecule has 0 atom stereocenters. The molecule has 0 radical (unpaired) electrons. The van der Waals surface area contributed by atoms with Crippen LogP contribution in [-0.4, -0.2) is 24.5 Å². The Labute approximate surface area is 164 Å². The first-order valence-corrected chi connectivity index (χ1v) is 9.12. The van der Waals surface area contributed by atoms with Gasteiger partial charge in [-0.25, -0.2) is 4.98 Å². The fourth-order valence-electron chi connectivity index (χ4n) is 3.33. The highest BCUT2D eigenvalue weighted by Crippen LogP contribution is 2.19. The fourth-order valence-corrected chi connectivity index (χ4v) is 3.45. The summed E-state index contributed by atoms with van der Waals surface area (Å²) in [6, 6.07) is 21.3. The van der Waals surface area contributed by atoms with Crippen LogP contribution < -0.4 is 5.56 Å². The molecule has 0 saturated heterocycles. The molecule has 0 unspecified atom stereocenters. The van der Waals surface area contributed by atoms with Gasteiger partial charge in [0.1, 0.15) is 6.33 Å². The summed E-state index contributed by atoms with van der Waals surface area (Å²) in [7, 11) is 0. The minimum atomic E-state index is -0.224. The highest BCUT2D eigenvalue weighted by molar-refractivity contribution is 6.30. The first kappa shape index (κ1) is 16.6. The molecule has 7 heteroatoms. The molecule has 3 aromatic carbocycles. The Hall–Kier alpha value is -3.51. The Morgan fingerprint density at radius 1 is 0.929 bits per heavy atom. The van der Waals surface area contributed by atoms with Crippen LogP contribution >= 0.6 is 11.6 Å². The molecule has 0 amide bonds. The molecular formula is C21H14ClN5O. The van der Waals surface area contributed by atoms with Crippen molar-refractivity contribution in [3.63, 3.8) is 0 Å². The van der Waals surface area contributed by atoms with Crippen LogP contribution in [0, 0.1) is 0 Å². The zero-order valence-corrected chi connectivity index (χ0v) is 15.4. The second kappa shape index (κ2) is 6.58. The summed E-state index contributed by atoms with van der Waals surface area (Å²) in [4.78, 5) is 17.4. The Morgan fingerprint density at radius 3 is 2.57 bits per heavy atom. The second-order valence-corrected chi connectivity index (χ2v) is 6.90. The largest absolute Gasteiger partial charge is 0.293 e. The first-order chi connectivity index (χ1) is 13.7. The summed E-state index contributed by atoms with van der Waals surface area (Å²) in [5, 5.41) is 11.0. The summed E-state index contributed by atoms with van der Waals surface area (Å²) in [5.74, 6) is 0. The van der Waals surface area contributed by atoms with Gasteiger partial charge in [0, 0.05) is 5.02 Å². The Bertz CT molecular complexity index is 1370. The predicted octanol–water partition coefficient (Wildman–Crippen LogP) is 3.83. The van der Waals surface area contributed by atoms with Crippen LogP contribution in [0.5, 0.6) is 0 Å². The van der Waals surface area contributed by atoms with Crippen molar-refractivity contribution in [3.05, 3.63) is 94.0 Å². The summed E-state index contributed by atoms with van der Waals surface area (Å²) in [6.07, 6.45) is 1.54. The van der Waals surface area contributed by atoms with E-state index in [2.05, 4.69) is 33.5 Å². The molecule has 0 spiro atoms. The van der Waals surface area contributed by atoms with Gasteiger partial charge in [0.2, 0.25) is 0 Å². The van der Waals surface area contributed by atoms with E-state index in [1.165, 1.54) is 4.68 Å². The number of halogens is 1. The van der Waals surface area contributed by atoms with E-state index in [1.54, 1.807) is 35.2 Å². The van der Waals surface area contributed by atoms with Crippen molar-refractivity contribution in [2.75, 3.05) is 0 Å². The summed E-state index contributed by atoms with van der Waals surface area (Å²) in [5.41, 5.74) is 2.22. The molecule has 5 aromatic rings. The van der Waals surface area contributed by atoms with Gasteiger partial charge >= 0.3 is 0 Å². The fraction of sp³-hybridized carbons (Fsp3) is 0.0476. The van der Waals surface area contributed by atoms with Crippen LogP contribution in [0.1, 0.15) is 5.56 Å². The van der Waals surface area contributed by atoms with Crippen LogP contribution in [-0.2, 0) is 6.54 Å². The van der Waals surface area contributed by atoms with Gasteiger partial charge in [0.15, 0.2) is 11.2 Å². The highest BCUT2D eigenvalue weighted by atomic mass is 35.5. The molecule has 0 fully saturated rings. The van der Waals surface area contributed by atoms with Gasteiger partial charge in [0.25, 0.3) is 5.56 Å². The van der Waals surface area contributed by atoms with E-state index in [9.17, 15) is 4.79 Å². The van der Waals surface area contributed by atoms with Gasteiger partial charge in [-0.2, -0.15) is 4.68 Å². The maximum atomic E-state index is 13.0. The van der Waals surface area contributed by atoms with Gasteiger partial charge in [-0.15, -0.1) is 5.10 Å². The minimum Gasteiger partial charge on any atom is -0.293 e. The summed E-state index contributed by atoms with van der Waals surface area (Å²) >= 11 is 5.94. The highest BCUT2D eigenvalue weighted by Gasteiger charge is 2.14. The van der Waals surface area contributed by atoms with E-state index >= 15 is 0 Å². The van der Waals surface area contributed by atoms with Crippen LogP contribution in [0.15, 0.2) is 77.9 Å². The SMILES string of the molecule is O=c1c2nnn(-c3ccc(Cl)cc3)c2ncn1Cc1cccc2ccccc12. The molecule has 28 heavy (non-hydrogen) atoms. The number of aromatic nitrogens is 5. The molecule has 2 heterocycles. The van der Waals surface area contributed by atoms with Crippen molar-refractivity contribution in [1.29, 1.82) is 0 Å². The number of benzene rings is 3. The monoisotopic (exact) mass is 387 g/mol. The Kier molecular flexibility index (Phi) is 3.91. The molecule has 0 N–H and O–H groups in total. The van der Waals surface area contributed by atoms with E-state index in [4.69, 9.17) is 11.6 Å². The summed E-state index contributed by atoms with van der Waals surface area (Å²) in [6.45, 7) is 0.414. The average Bonchev–Trinajstić information content (AvgIpc) is 3.16. The lowest BCUT2D eigenvalue weighted by Crippen LogP contribution is -2.21. The van der Waals surface area contributed by atoms with E-state index in [1.807, 2.05) is 24.3 Å². The molecule has 0 aliphatic rings. The molecular weight excluding hydrogens is 374 g/mol. The van der Waals surface area contributed by atoms with Crippen molar-refractivity contribution < 1.29 is 0 Å². The van der Waals surface area contributed by atoms with Crippen LogP contribution in [0.2, 0.25) is 5.02 Å². The Balaban J connectivity index is 1.59. The average molecular weight is 388 g/mol. The van der Waals surface area contributed by atoms with Gasteiger partial charge in [-0.3, -0.25) is 9.36 Å². The van der Waals surface area contributed by atoms with Crippen LogP contribution in [0.25, 0.3) is 27.6 Å². The molecule has 0 aliphatic carbocycles. The molecule has 5 rings (SSSR count). The van der Waals surface area contributed by atoms with Gasteiger partial charge < -0.3 is 0 Å².